The van der Waals surface area contributed by atoms with Crippen molar-refractivity contribution in [2.24, 2.45) is 0 Å². The summed E-state index contributed by atoms with van der Waals surface area (Å²) in [6.07, 6.45) is 7.49. The van der Waals surface area contributed by atoms with Crippen LogP contribution >= 0.6 is 11.8 Å². The number of nitrogens with zero attached hydrogens (tertiary/aromatic N) is 4. The zero-order valence-corrected chi connectivity index (χ0v) is 15.2. The van der Waals surface area contributed by atoms with Crippen molar-refractivity contribution in [3.8, 4) is 5.69 Å². The number of hydrogen-bond donors (Lipinski definition) is 0. The predicted molar refractivity (Wildman–Crippen MR) is 101 cm³/mol. The van der Waals surface area contributed by atoms with E-state index in [1.165, 1.54) is 19.3 Å². The number of Topliss-reactive ketones (excluding diaryl/α,β-unsaturated/α-hetero) is 1. The van der Waals surface area contributed by atoms with Crippen LogP contribution in [0.1, 0.15) is 44.9 Å². The first-order valence-corrected chi connectivity index (χ1v) is 10.2. The van der Waals surface area contributed by atoms with Gasteiger partial charge in [0.05, 0.1) is 10.9 Å². The molecule has 0 amide bonds. The summed E-state index contributed by atoms with van der Waals surface area (Å²) < 4.78 is 2.14. The molecule has 2 fully saturated rings. The van der Waals surface area contributed by atoms with Gasteiger partial charge in [-0.05, 0) is 44.2 Å². The molecule has 1 atom stereocenters. The Morgan fingerprint density at radius 2 is 1.76 bits per heavy atom. The standard InChI is InChI=1S/C19H24N4OS/c24-16-11-5-6-12-17(16)25-19-21-20-18(22-13-7-2-8-14-22)23(19)15-9-3-1-4-10-15/h1,3-4,9-10,17H,2,5-8,11-14H2/t17-/m0/s1. The fourth-order valence-electron chi connectivity index (χ4n) is 3.64. The molecule has 132 valence electrons. The molecule has 1 aromatic carbocycles. The Hall–Kier alpha value is -1.82. The Kier molecular flexibility index (Phi) is 5.06. The van der Waals surface area contributed by atoms with E-state index in [4.69, 9.17) is 0 Å². The van der Waals surface area contributed by atoms with Gasteiger partial charge in [-0.1, -0.05) is 36.4 Å². The van der Waals surface area contributed by atoms with Gasteiger partial charge in [0.2, 0.25) is 5.95 Å². The summed E-state index contributed by atoms with van der Waals surface area (Å²) in [7, 11) is 0. The maximum Gasteiger partial charge on any atom is 0.232 e. The predicted octanol–water partition coefficient (Wildman–Crippen LogP) is 3.86. The van der Waals surface area contributed by atoms with Crippen LogP contribution in [0.4, 0.5) is 5.95 Å². The summed E-state index contributed by atoms with van der Waals surface area (Å²) in [6.45, 7) is 2.05. The molecule has 6 heteroatoms. The first kappa shape index (κ1) is 16.6. The number of anilines is 1. The molecule has 1 aromatic heterocycles. The number of aromatic nitrogens is 3. The van der Waals surface area contributed by atoms with Gasteiger partial charge in [-0.15, -0.1) is 10.2 Å². The van der Waals surface area contributed by atoms with Crippen molar-refractivity contribution in [1.29, 1.82) is 0 Å². The molecule has 25 heavy (non-hydrogen) atoms. The minimum absolute atomic E-state index is 0.0228. The fourth-order valence-corrected chi connectivity index (χ4v) is 4.81. The Balaban J connectivity index is 1.68. The SMILES string of the molecule is O=C1CCCC[C@@H]1Sc1nnc(N2CCCCC2)n1-c1ccccc1. The molecule has 1 saturated carbocycles. The van der Waals surface area contributed by atoms with E-state index in [0.717, 1.165) is 49.1 Å². The van der Waals surface area contributed by atoms with Crippen LogP contribution in [0, 0.1) is 0 Å². The quantitative estimate of drug-likeness (QED) is 0.832. The summed E-state index contributed by atoms with van der Waals surface area (Å²) >= 11 is 1.59. The molecule has 2 aromatic rings. The topological polar surface area (TPSA) is 51.0 Å². The monoisotopic (exact) mass is 356 g/mol. The third-order valence-electron chi connectivity index (χ3n) is 5.02. The van der Waals surface area contributed by atoms with Crippen molar-refractivity contribution in [3.05, 3.63) is 30.3 Å². The Labute approximate surface area is 152 Å². The lowest BCUT2D eigenvalue weighted by Crippen LogP contribution is -2.31. The number of piperidine rings is 1. The molecule has 0 spiro atoms. The molecule has 1 saturated heterocycles. The van der Waals surface area contributed by atoms with Crippen molar-refractivity contribution < 1.29 is 4.79 Å². The van der Waals surface area contributed by atoms with E-state index in [9.17, 15) is 4.79 Å². The van der Waals surface area contributed by atoms with Gasteiger partial charge in [0.1, 0.15) is 5.78 Å². The number of para-hydroxylation sites is 1. The van der Waals surface area contributed by atoms with Crippen LogP contribution < -0.4 is 4.90 Å². The number of carbonyl (C=O) groups excluding carboxylic acids is 1. The number of benzene rings is 1. The number of rotatable bonds is 4. The Morgan fingerprint density at radius 3 is 2.52 bits per heavy atom. The second kappa shape index (κ2) is 7.60. The van der Waals surface area contributed by atoms with Crippen LogP contribution in [0.5, 0.6) is 0 Å². The zero-order valence-electron chi connectivity index (χ0n) is 14.4. The van der Waals surface area contributed by atoms with E-state index in [1.807, 2.05) is 18.2 Å². The van der Waals surface area contributed by atoms with Gasteiger partial charge in [0.25, 0.3) is 0 Å². The van der Waals surface area contributed by atoms with Crippen molar-refractivity contribution >= 4 is 23.5 Å². The van der Waals surface area contributed by atoms with Crippen molar-refractivity contribution in [3.63, 3.8) is 0 Å². The van der Waals surface area contributed by atoms with Gasteiger partial charge >= 0.3 is 0 Å². The second-order valence-electron chi connectivity index (χ2n) is 6.82. The van der Waals surface area contributed by atoms with Gasteiger partial charge in [-0.3, -0.25) is 9.36 Å². The van der Waals surface area contributed by atoms with Crippen LogP contribution in [0.25, 0.3) is 5.69 Å². The first-order chi connectivity index (χ1) is 12.3. The maximum atomic E-state index is 12.3. The molecular formula is C19H24N4OS. The number of ketones is 1. The fraction of sp³-hybridized carbons (Fsp3) is 0.526. The molecule has 0 unspecified atom stereocenters. The number of hydrogen-bond acceptors (Lipinski definition) is 5. The lowest BCUT2D eigenvalue weighted by atomic mass is 9.99. The minimum atomic E-state index is 0.0228. The molecule has 2 heterocycles. The minimum Gasteiger partial charge on any atom is -0.341 e. The summed E-state index contributed by atoms with van der Waals surface area (Å²) in [4.78, 5) is 14.6. The van der Waals surface area contributed by atoms with E-state index in [2.05, 4.69) is 31.8 Å². The number of thioether (sulfide) groups is 1. The zero-order chi connectivity index (χ0) is 17.1. The Morgan fingerprint density at radius 1 is 0.960 bits per heavy atom. The Bertz CT molecular complexity index is 724. The molecule has 5 nitrogen and oxygen atoms in total. The molecule has 4 rings (SSSR count). The van der Waals surface area contributed by atoms with E-state index < -0.39 is 0 Å². The summed E-state index contributed by atoms with van der Waals surface area (Å²) in [5.74, 6) is 1.27. The van der Waals surface area contributed by atoms with Gasteiger partial charge in [0.15, 0.2) is 5.16 Å². The largest absolute Gasteiger partial charge is 0.341 e. The third-order valence-corrected chi connectivity index (χ3v) is 6.27. The van der Waals surface area contributed by atoms with Crippen LogP contribution in [0.15, 0.2) is 35.5 Å². The van der Waals surface area contributed by atoms with Crippen LogP contribution in [0.3, 0.4) is 0 Å². The highest BCUT2D eigenvalue weighted by atomic mass is 32.2. The second-order valence-corrected chi connectivity index (χ2v) is 7.99. The number of carbonyl (C=O) groups is 1. The lowest BCUT2D eigenvalue weighted by molar-refractivity contribution is -0.119. The molecule has 1 aliphatic carbocycles. The van der Waals surface area contributed by atoms with E-state index >= 15 is 0 Å². The molecular weight excluding hydrogens is 332 g/mol. The normalized spacial score (nSPS) is 21.5. The first-order valence-electron chi connectivity index (χ1n) is 9.28. The molecule has 0 radical (unpaired) electrons. The van der Waals surface area contributed by atoms with E-state index in [1.54, 1.807) is 11.8 Å². The summed E-state index contributed by atoms with van der Waals surface area (Å²) in [6, 6.07) is 10.3. The van der Waals surface area contributed by atoms with Gasteiger partial charge in [-0.25, -0.2) is 0 Å². The van der Waals surface area contributed by atoms with Crippen molar-refractivity contribution in [1.82, 2.24) is 14.8 Å². The lowest BCUT2D eigenvalue weighted by Gasteiger charge is -2.28. The van der Waals surface area contributed by atoms with Gasteiger partial charge in [0, 0.05) is 19.5 Å². The van der Waals surface area contributed by atoms with Crippen molar-refractivity contribution in [2.45, 2.75) is 55.4 Å². The molecule has 0 N–H and O–H groups in total. The third kappa shape index (κ3) is 3.59. The summed E-state index contributed by atoms with van der Waals surface area (Å²) in [5.41, 5.74) is 1.07. The average molecular weight is 356 g/mol. The summed E-state index contributed by atoms with van der Waals surface area (Å²) in [5, 5.41) is 9.85. The van der Waals surface area contributed by atoms with E-state index in [-0.39, 0.29) is 5.25 Å². The molecule has 2 aliphatic rings. The van der Waals surface area contributed by atoms with Gasteiger partial charge < -0.3 is 4.90 Å². The highest BCUT2D eigenvalue weighted by Crippen LogP contribution is 2.34. The molecule has 1 aliphatic heterocycles. The van der Waals surface area contributed by atoms with Crippen LogP contribution in [0.2, 0.25) is 0 Å². The smallest absolute Gasteiger partial charge is 0.232 e. The highest BCUT2D eigenvalue weighted by molar-refractivity contribution is 8.00. The highest BCUT2D eigenvalue weighted by Gasteiger charge is 2.28. The van der Waals surface area contributed by atoms with Crippen molar-refractivity contribution in [2.75, 3.05) is 18.0 Å². The molecule has 0 bridgehead atoms. The maximum absolute atomic E-state index is 12.3. The van der Waals surface area contributed by atoms with E-state index in [0.29, 0.717) is 12.2 Å². The van der Waals surface area contributed by atoms with Crippen LogP contribution in [-0.4, -0.2) is 38.9 Å². The average Bonchev–Trinajstić information content (AvgIpc) is 3.09. The van der Waals surface area contributed by atoms with Gasteiger partial charge in [-0.2, -0.15) is 0 Å². The van der Waals surface area contributed by atoms with Crippen LogP contribution in [-0.2, 0) is 4.79 Å².